The molecule has 440 valence electrons. The van der Waals surface area contributed by atoms with Crippen molar-refractivity contribution in [1.82, 2.24) is 46.4 Å². The van der Waals surface area contributed by atoms with Crippen molar-refractivity contribution >= 4 is 63.3 Å². The number of urea groups is 1. The highest BCUT2D eigenvalue weighted by Crippen LogP contribution is 2.45. The number of imide groups is 1. The Kier molecular flexibility index (Phi) is 23.3. The SMILES string of the molecule is CNC(C(=O)NC(C(=O)N(C)C(/C=C(\C)C(=O)NS(=O)(=O)Cc1ccc(C2(NC(=O)C(CCCNC(N)=O)NC(=O)C(NC(=O)CCCCCN3C(=O)C=CC3=O)C(C)C)CC2)cc1)C(C)C)C(C)(C)C)C(C)(C)c1ccccc1. The predicted octanol–water partition coefficient (Wildman–Crippen LogP) is 3.82. The van der Waals surface area contributed by atoms with E-state index in [1.54, 1.807) is 58.3 Å². The quantitative estimate of drug-likeness (QED) is 0.0315. The molecular formula is C58H86N10O11S. The molecule has 80 heavy (non-hydrogen) atoms. The lowest BCUT2D eigenvalue weighted by atomic mass is 9.76. The number of carbonyl (C=O) groups excluding carboxylic acids is 9. The fraction of sp³-hybridized carbons (Fsp3) is 0.569. The molecule has 0 spiro atoms. The van der Waals surface area contributed by atoms with Crippen LogP contribution in [0.25, 0.3) is 0 Å². The summed E-state index contributed by atoms with van der Waals surface area (Å²) < 4.78 is 29.2. The number of benzene rings is 2. The summed E-state index contributed by atoms with van der Waals surface area (Å²) in [6, 6.07) is 11.0. The lowest BCUT2D eigenvalue weighted by Gasteiger charge is -2.40. The van der Waals surface area contributed by atoms with Gasteiger partial charge in [-0.25, -0.2) is 17.9 Å². The van der Waals surface area contributed by atoms with Crippen molar-refractivity contribution in [3.8, 4) is 0 Å². The number of nitrogens with one attached hydrogen (secondary N) is 7. The minimum absolute atomic E-state index is 0.0581. The number of rotatable bonds is 30. The molecule has 0 bridgehead atoms. The van der Waals surface area contributed by atoms with E-state index in [0.717, 1.165) is 10.5 Å². The molecule has 1 fully saturated rings. The van der Waals surface area contributed by atoms with Crippen LogP contribution in [0.1, 0.15) is 137 Å². The molecule has 0 aromatic heterocycles. The lowest BCUT2D eigenvalue weighted by molar-refractivity contribution is -0.141. The topological polar surface area (TPSA) is 304 Å². The Morgan fingerprint density at radius 3 is 1.93 bits per heavy atom. The zero-order valence-electron chi connectivity index (χ0n) is 48.6. The second-order valence-electron chi connectivity index (χ2n) is 23.4. The number of hydrogen-bond acceptors (Lipinski definition) is 12. The lowest BCUT2D eigenvalue weighted by Crippen LogP contribution is -2.61. The molecule has 1 aliphatic heterocycles. The fourth-order valence-corrected chi connectivity index (χ4v) is 10.9. The third-order valence-corrected chi connectivity index (χ3v) is 15.9. The van der Waals surface area contributed by atoms with Gasteiger partial charge in [-0.15, -0.1) is 0 Å². The molecule has 2 aliphatic rings. The standard InChI is InChI=1S/C58H86N10O11S/c1-36(2)43(67(12)54(76)49(56(6,7)8)64-53(75)48(60-11)57(9,10)40-20-15-13-16-21-40)34-38(5)50(72)66-80(78,79)35-39-24-26-41(27-25-39)58(30-31-58)65-51(73)42(22-19-32-61-55(59)77)62-52(74)47(37(3)4)63-44(69)23-17-14-18-33-68-45(70)28-29-46(68)71/h13,15-16,20-21,24-29,34,36-37,42-43,47-49,60H,14,17-19,22-23,30-33,35H2,1-12H3,(H,62,74)(H,63,69)(H,64,75)(H,65,73)(H,66,72)(H3,59,61,77)/b38-34+. The molecule has 1 heterocycles. The maximum Gasteiger partial charge on any atom is 0.312 e. The highest BCUT2D eigenvalue weighted by atomic mass is 32.2. The van der Waals surface area contributed by atoms with Gasteiger partial charge in [0.05, 0.1) is 23.4 Å². The van der Waals surface area contributed by atoms with Crippen LogP contribution in [0.4, 0.5) is 4.79 Å². The Balaban J connectivity index is 1.39. The van der Waals surface area contributed by atoms with E-state index in [2.05, 4.69) is 36.6 Å². The van der Waals surface area contributed by atoms with Crippen LogP contribution in [0, 0.1) is 17.3 Å². The van der Waals surface area contributed by atoms with Gasteiger partial charge in [0.15, 0.2) is 0 Å². The molecule has 4 rings (SSSR count). The number of nitrogens with zero attached hydrogens (tertiary/aromatic N) is 2. The van der Waals surface area contributed by atoms with Crippen LogP contribution in [0.5, 0.6) is 0 Å². The van der Waals surface area contributed by atoms with Gasteiger partial charge in [0.2, 0.25) is 39.6 Å². The summed E-state index contributed by atoms with van der Waals surface area (Å²) in [5.74, 6) is -4.99. The fourth-order valence-electron chi connectivity index (χ4n) is 9.71. The summed E-state index contributed by atoms with van der Waals surface area (Å²) in [4.78, 5) is 120. The number of sulfonamides is 1. The van der Waals surface area contributed by atoms with Gasteiger partial charge in [0.1, 0.15) is 18.1 Å². The summed E-state index contributed by atoms with van der Waals surface area (Å²) in [7, 11) is -0.964. The van der Waals surface area contributed by atoms with Gasteiger partial charge in [0.25, 0.3) is 17.7 Å². The Bertz CT molecular complexity index is 2710. The predicted molar refractivity (Wildman–Crippen MR) is 305 cm³/mol. The van der Waals surface area contributed by atoms with Crippen molar-refractivity contribution in [2.45, 2.75) is 168 Å². The molecular weight excluding hydrogens is 1040 g/mol. The van der Waals surface area contributed by atoms with E-state index >= 15 is 0 Å². The van der Waals surface area contributed by atoms with Crippen molar-refractivity contribution in [3.05, 3.63) is 95.1 Å². The Labute approximate surface area is 472 Å². The number of unbranched alkanes of at least 4 members (excludes halogenated alkanes) is 2. The Morgan fingerprint density at radius 1 is 0.775 bits per heavy atom. The molecule has 21 nitrogen and oxygen atoms in total. The van der Waals surface area contributed by atoms with Crippen LogP contribution in [0.15, 0.2) is 78.4 Å². The first-order chi connectivity index (χ1) is 37.3. The number of primary amides is 1. The van der Waals surface area contributed by atoms with E-state index in [9.17, 15) is 51.6 Å². The largest absolute Gasteiger partial charge is 0.352 e. The third kappa shape index (κ3) is 18.6. The van der Waals surface area contributed by atoms with Gasteiger partial charge in [-0.1, -0.05) is 129 Å². The molecule has 0 radical (unpaired) electrons. The zero-order valence-corrected chi connectivity index (χ0v) is 49.4. The number of nitrogens with two attached hydrogens (primary N) is 1. The molecule has 5 unspecified atom stereocenters. The molecule has 2 aromatic rings. The van der Waals surface area contributed by atoms with Gasteiger partial charge >= 0.3 is 6.03 Å². The number of likely N-dealkylation sites (N-methyl/N-ethyl adjacent to an activating group) is 2. The smallest absolute Gasteiger partial charge is 0.312 e. The molecule has 0 saturated heterocycles. The van der Waals surface area contributed by atoms with E-state index in [4.69, 9.17) is 5.73 Å². The van der Waals surface area contributed by atoms with E-state index in [1.165, 1.54) is 24.0 Å². The molecule has 10 amide bonds. The molecule has 1 saturated carbocycles. The normalized spacial score (nSPS) is 16.3. The minimum Gasteiger partial charge on any atom is -0.352 e. The number of carbonyl (C=O) groups is 9. The average molecular weight is 1130 g/mol. The monoisotopic (exact) mass is 1130 g/mol. The molecule has 1 aliphatic carbocycles. The molecule has 5 atom stereocenters. The highest BCUT2D eigenvalue weighted by molar-refractivity contribution is 7.89. The van der Waals surface area contributed by atoms with E-state index in [1.807, 2.05) is 78.8 Å². The van der Waals surface area contributed by atoms with Crippen LogP contribution in [-0.2, 0) is 65.1 Å². The van der Waals surface area contributed by atoms with Crippen molar-refractivity contribution in [2.24, 2.45) is 23.0 Å². The summed E-state index contributed by atoms with van der Waals surface area (Å²) in [6.45, 7) is 18.6. The maximum atomic E-state index is 14.4. The van der Waals surface area contributed by atoms with Crippen molar-refractivity contribution in [1.29, 1.82) is 0 Å². The van der Waals surface area contributed by atoms with Gasteiger partial charge in [-0.2, -0.15) is 0 Å². The molecule has 2 aromatic carbocycles. The third-order valence-electron chi connectivity index (χ3n) is 14.7. The van der Waals surface area contributed by atoms with Crippen molar-refractivity contribution in [3.63, 3.8) is 0 Å². The maximum absolute atomic E-state index is 14.4. The Hall–Kier alpha value is -6.94. The van der Waals surface area contributed by atoms with Crippen molar-refractivity contribution < 1.29 is 51.6 Å². The minimum atomic E-state index is -4.25. The highest BCUT2D eigenvalue weighted by Gasteiger charge is 2.47. The Morgan fingerprint density at radius 2 is 1.39 bits per heavy atom. The first-order valence-corrected chi connectivity index (χ1v) is 29.1. The number of amides is 10. The average Bonchev–Trinajstić information content (AvgIpc) is 4.09. The summed E-state index contributed by atoms with van der Waals surface area (Å²) >= 11 is 0. The second kappa shape index (κ2) is 28.5. The van der Waals surface area contributed by atoms with Crippen LogP contribution in [0.2, 0.25) is 0 Å². The summed E-state index contributed by atoms with van der Waals surface area (Å²) in [6.07, 6.45) is 7.07. The number of hydrogen-bond donors (Lipinski definition) is 8. The first-order valence-electron chi connectivity index (χ1n) is 27.4. The van der Waals surface area contributed by atoms with Crippen LogP contribution >= 0.6 is 0 Å². The van der Waals surface area contributed by atoms with E-state index in [0.29, 0.717) is 43.2 Å². The second-order valence-corrected chi connectivity index (χ2v) is 25.1. The zero-order chi connectivity index (χ0) is 59.9. The summed E-state index contributed by atoms with van der Waals surface area (Å²) in [5, 5.41) is 17.3. The van der Waals surface area contributed by atoms with Gasteiger partial charge in [0, 0.05) is 49.7 Å². The van der Waals surface area contributed by atoms with E-state index in [-0.39, 0.29) is 73.4 Å². The molecule has 22 heteroatoms. The summed E-state index contributed by atoms with van der Waals surface area (Å²) in [5.41, 5.74) is 5.08. The molecule has 9 N–H and O–H groups in total. The van der Waals surface area contributed by atoms with Crippen LogP contribution in [0.3, 0.4) is 0 Å². The first kappa shape index (κ1) is 65.6. The van der Waals surface area contributed by atoms with Gasteiger partial charge in [-0.3, -0.25) is 43.3 Å². The van der Waals surface area contributed by atoms with Crippen LogP contribution < -0.4 is 42.4 Å². The van der Waals surface area contributed by atoms with Crippen molar-refractivity contribution in [2.75, 3.05) is 27.2 Å². The van der Waals surface area contributed by atoms with E-state index < -0.39 is 92.0 Å². The van der Waals surface area contributed by atoms with Gasteiger partial charge < -0.3 is 42.5 Å². The van der Waals surface area contributed by atoms with Gasteiger partial charge in [-0.05, 0) is 86.4 Å². The van der Waals surface area contributed by atoms with Crippen LogP contribution in [-0.4, -0.2) is 129 Å².